The highest BCUT2D eigenvalue weighted by Gasteiger charge is 2.24. The number of hydrogen-bond acceptors (Lipinski definition) is 4. The van der Waals surface area contributed by atoms with Crippen LogP contribution in [0.2, 0.25) is 0 Å². The van der Waals surface area contributed by atoms with Crippen LogP contribution >= 0.6 is 0 Å². The summed E-state index contributed by atoms with van der Waals surface area (Å²) in [6.07, 6.45) is 0. The lowest BCUT2D eigenvalue weighted by atomic mass is 10.1. The van der Waals surface area contributed by atoms with Crippen LogP contribution in [-0.4, -0.2) is 47.0 Å². The van der Waals surface area contributed by atoms with Crippen molar-refractivity contribution in [1.82, 2.24) is 14.9 Å². The number of carbonyl (C=O) groups excluding carboxylic acids is 1. The molecule has 0 N–H and O–H groups in total. The smallest absolute Gasteiger partial charge is 0.254 e. The van der Waals surface area contributed by atoms with Gasteiger partial charge in [0.25, 0.3) is 5.91 Å². The maximum atomic E-state index is 12.9. The summed E-state index contributed by atoms with van der Waals surface area (Å²) in [6.45, 7) is 8.97. The lowest BCUT2D eigenvalue weighted by Gasteiger charge is -2.35. The summed E-state index contributed by atoms with van der Waals surface area (Å²) < 4.78 is 0. The second-order valence-corrected chi connectivity index (χ2v) is 7.65. The van der Waals surface area contributed by atoms with Gasteiger partial charge < -0.3 is 9.80 Å². The third kappa shape index (κ3) is 4.14. The molecule has 148 valence electrons. The highest BCUT2D eigenvalue weighted by atomic mass is 16.2. The third-order valence-corrected chi connectivity index (χ3v) is 5.42. The Morgan fingerprint density at radius 2 is 1.55 bits per heavy atom. The topological polar surface area (TPSA) is 49.3 Å². The van der Waals surface area contributed by atoms with Gasteiger partial charge in [-0.1, -0.05) is 48.0 Å². The molecule has 3 aromatic rings. The van der Waals surface area contributed by atoms with Crippen LogP contribution in [0.1, 0.15) is 27.2 Å². The van der Waals surface area contributed by atoms with Gasteiger partial charge in [-0.2, -0.15) is 0 Å². The van der Waals surface area contributed by atoms with Gasteiger partial charge in [-0.3, -0.25) is 4.79 Å². The Bertz CT molecular complexity index is 1020. The number of carbonyl (C=O) groups is 1. The molecule has 5 nitrogen and oxygen atoms in total. The fourth-order valence-electron chi connectivity index (χ4n) is 3.67. The largest absolute Gasteiger partial charge is 0.353 e. The quantitative estimate of drug-likeness (QED) is 0.682. The molecule has 1 aliphatic heterocycles. The molecule has 2 heterocycles. The Labute approximate surface area is 172 Å². The van der Waals surface area contributed by atoms with E-state index in [9.17, 15) is 4.79 Å². The Morgan fingerprint density at radius 1 is 0.862 bits per heavy atom. The SMILES string of the molecule is Cc1ccc(-c2nc(C)cc(N3CCN(C(=O)c4ccccc4C)CC3)n2)cc1. The van der Waals surface area contributed by atoms with Crippen molar-refractivity contribution in [3.05, 3.63) is 77.0 Å². The Balaban J connectivity index is 1.49. The Morgan fingerprint density at radius 3 is 2.24 bits per heavy atom. The number of amides is 1. The Kier molecular flexibility index (Phi) is 5.30. The van der Waals surface area contributed by atoms with Gasteiger partial charge in [-0.05, 0) is 32.4 Å². The summed E-state index contributed by atoms with van der Waals surface area (Å²) in [7, 11) is 0. The lowest BCUT2D eigenvalue weighted by molar-refractivity contribution is 0.0746. The van der Waals surface area contributed by atoms with Crippen molar-refractivity contribution in [3.8, 4) is 11.4 Å². The van der Waals surface area contributed by atoms with Crippen molar-refractivity contribution in [2.75, 3.05) is 31.1 Å². The second-order valence-electron chi connectivity index (χ2n) is 7.65. The molecular formula is C24H26N4O. The first kappa shape index (κ1) is 19.1. The average Bonchev–Trinajstić information content (AvgIpc) is 2.74. The fraction of sp³-hybridized carbons (Fsp3) is 0.292. The van der Waals surface area contributed by atoms with Crippen LogP contribution < -0.4 is 4.90 Å². The van der Waals surface area contributed by atoms with E-state index in [4.69, 9.17) is 4.98 Å². The van der Waals surface area contributed by atoms with Crippen molar-refractivity contribution in [1.29, 1.82) is 0 Å². The normalized spacial score (nSPS) is 14.2. The molecule has 0 aliphatic carbocycles. The number of benzene rings is 2. The van der Waals surface area contributed by atoms with E-state index in [1.54, 1.807) is 0 Å². The highest BCUT2D eigenvalue weighted by molar-refractivity contribution is 5.95. The lowest BCUT2D eigenvalue weighted by Crippen LogP contribution is -2.49. The summed E-state index contributed by atoms with van der Waals surface area (Å²) in [5.41, 5.74) is 5.00. The van der Waals surface area contributed by atoms with E-state index in [-0.39, 0.29) is 5.91 Å². The molecule has 1 saturated heterocycles. The molecule has 0 unspecified atom stereocenters. The van der Waals surface area contributed by atoms with E-state index in [0.717, 1.165) is 47.1 Å². The maximum absolute atomic E-state index is 12.9. The predicted molar refractivity (Wildman–Crippen MR) is 116 cm³/mol. The van der Waals surface area contributed by atoms with Crippen LogP contribution in [0.25, 0.3) is 11.4 Å². The monoisotopic (exact) mass is 386 g/mol. The zero-order valence-corrected chi connectivity index (χ0v) is 17.2. The van der Waals surface area contributed by atoms with Crippen molar-refractivity contribution >= 4 is 11.7 Å². The van der Waals surface area contributed by atoms with Gasteiger partial charge in [-0.15, -0.1) is 0 Å². The van der Waals surface area contributed by atoms with Crippen molar-refractivity contribution in [3.63, 3.8) is 0 Å². The standard InChI is InChI=1S/C24H26N4O/c1-17-8-10-20(11-9-17)23-25-19(3)16-22(26-23)27-12-14-28(15-13-27)24(29)21-7-5-4-6-18(21)2/h4-11,16H,12-15H2,1-3H3. The first-order valence-corrected chi connectivity index (χ1v) is 10.0. The van der Waals surface area contributed by atoms with E-state index < -0.39 is 0 Å². The average molecular weight is 386 g/mol. The summed E-state index contributed by atoms with van der Waals surface area (Å²) in [5.74, 6) is 1.79. The molecule has 1 fully saturated rings. The van der Waals surface area contributed by atoms with Gasteiger partial charge in [0.05, 0.1) is 0 Å². The molecule has 1 aromatic heterocycles. The zero-order chi connectivity index (χ0) is 20.4. The van der Waals surface area contributed by atoms with Crippen LogP contribution in [0.4, 0.5) is 5.82 Å². The molecule has 1 aliphatic rings. The van der Waals surface area contributed by atoms with E-state index in [1.165, 1.54) is 5.56 Å². The second kappa shape index (κ2) is 8.03. The van der Waals surface area contributed by atoms with Crippen molar-refractivity contribution < 1.29 is 4.79 Å². The van der Waals surface area contributed by atoms with Crippen LogP contribution in [0.5, 0.6) is 0 Å². The molecule has 1 amide bonds. The third-order valence-electron chi connectivity index (χ3n) is 5.42. The molecule has 2 aromatic carbocycles. The summed E-state index contributed by atoms with van der Waals surface area (Å²) in [5, 5.41) is 0. The van der Waals surface area contributed by atoms with Gasteiger partial charge in [-0.25, -0.2) is 9.97 Å². The Hall–Kier alpha value is -3.21. The molecule has 0 saturated carbocycles. The van der Waals surface area contributed by atoms with Gasteiger partial charge in [0.15, 0.2) is 5.82 Å². The molecule has 0 atom stereocenters. The van der Waals surface area contributed by atoms with E-state index >= 15 is 0 Å². The molecule has 4 rings (SSSR count). The number of aromatic nitrogens is 2. The molecule has 29 heavy (non-hydrogen) atoms. The van der Waals surface area contributed by atoms with E-state index in [1.807, 2.05) is 49.1 Å². The van der Waals surface area contributed by atoms with Gasteiger partial charge in [0.1, 0.15) is 5.82 Å². The summed E-state index contributed by atoms with van der Waals surface area (Å²) >= 11 is 0. The van der Waals surface area contributed by atoms with E-state index in [2.05, 4.69) is 41.1 Å². The number of anilines is 1. The fourth-order valence-corrected chi connectivity index (χ4v) is 3.67. The van der Waals surface area contributed by atoms with Crippen molar-refractivity contribution in [2.24, 2.45) is 0 Å². The molecule has 0 radical (unpaired) electrons. The minimum Gasteiger partial charge on any atom is -0.353 e. The summed E-state index contributed by atoms with van der Waals surface area (Å²) in [4.78, 5) is 26.5. The number of hydrogen-bond donors (Lipinski definition) is 0. The number of rotatable bonds is 3. The first-order valence-electron chi connectivity index (χ1n) is 10.0. The zero-order valence-electron chi connectivity index (χ0n) is 17.2. The molecule has 0 spiro atoms. The van der Waals surface area contributed by atoms with E-state index in [0.29, 0.717) is 13.1 Å². The van der Waals surface area contributed by atoms with Crippen LogP contribution in [0, 0.1) is 20.8 Å². The highest BCUT2D eigenvalue weighted by Crippen LogP contribution is 2.22. The number of aryl methyl sites for hydroxylation is 3. The first-order chi connectivity index (χ1) is 14.0. The van der Waals surface area contributed by atoms with Gasteiger partial charge >= 0.3 is 0 Å². The summed E-state index contributed by atoms with van der Waals surface area (Å²) in [6, 6.07) is 18.1. The number of nitrogens with zero attached hydrogens (tertiary/aromatic N) is 4. The van der Waals surface area contributed by atoms with Crippen LogP contribution in [0.3, 0.4) is 0 Å². The minimum absolute atomic E-state index is 0.113. The van der Waals surface area contributed by atoms with Gasteiger partial charge in [0.2, 0.25) is 0 Å². The molecular weight excluding hydrogens is 360 g/mol. The molecule has 5 heteroatoms. The van der Waals surface area contributed by atoms with Crippen LogP contribution in [-0.2, 0) is 0 Å². The molecule has 0 bridgehead atoms. The number of piperazine rings is 1. The maximum Gasteiger partial charge on any atom is 0.254 e. The van der Waals surface area contributed by atoms with Crippen molar-refractivity contribution in [2.45, 2.75) is 20.8 Å². The predicted octanol–water partition coefficient (Wildman–Crippen LogP) is 4.03. The van der Waals surface area contributed by atoms with Gasteiger partial charge in [0, 0.05) is 49.1 Å². The van der Waals surface area contributed by atoms with Crippen LogP contribution in [0.15, 0.2) is 54.6 Å². The minimum atomic E-state index is 0.113.